The zero-order chi connectivity index (χ0) is 17.7. The molecule has 5 rings (SSSR count). The van der Waals surface area contributed by atoms with E-state index in [1.165, 1.54) is 5.01 Å². The van der Waals surface area contributed by atoms with Gasteiger partial charge in [0.15, 0.2) is 0 Å². The number of amides is 1. The summed E-state index contributed by atoms with van der Waals surface area (Å²) in [5.41, 5.74) is 6.26. The summed E-state index contributed by atoms with van der Waals surface area (Å²) in [6, 6.07) is 25.1. The summed E-state index contributed by atoms with van der Waals surface area (Å²) in [7, 11) is 0. The fourth-order valence-electron chi connectivity index (χ4n) is 3.73. The lowest BCUT2D eigenvalue weighted by atomic mass is 9.91. The Labute approximate surface area is 156 Å². The first-order valence-electron chi connectivity index (χ1n) is 8.30. The van der Waals surface area contributed by atoms with E-state index in [-0.39, 0.29) is 11.1 Å². The largest absolute Gasteiger partial charge is 0.442 e. The molecule has 26 heavy (non-hydrogen) atoms. The van der Waals surface area contributed by atoms with Crippen LogP contribution in [0.1, 0.15) is 11.1 Å². The number of thiocarbonyl (C=S) groups is 1. The Morgan fingerprint density at radius 3 is 1.96 bits per heavy atom. The van der Waals surface area contributed by atoms with Gasteiger partial charge in [-0.25, -0.2) is 0 Å². The lowest BCUT2D eigenvalue weighted by Crippen LogP contribution is -2.41. The molecule has 0 unspecified atom stereocenters. The number of hydrogen-bond acceptors (Lipinski definition) is 4. The van der Waals surface area contributed by atoms with E-state index < -0.39 is 5.60 Å². The Balaban J connectivity index is 1.66. The lowest BCUT2D eigenvalue weighted by molar-refractivity contribution is -0.133. The van der Waals surface area contributed by atoms with Gasteiger partial charge >= 0.3 is 5.91 Å². The summed E-state index contributed by atoms with van der Waals surface area (Å²) in [4.78, 5) is 13.5. The number of para-hydroxylation sites is 1. The van der Waals surface area contributed by atoms with Gasteiger partial charge in [0.05, 0.1) is 5.69 Å². The molecule has 1 fully saturated rings. The molecule has 1 saturated heterocycles. The minimum atomic E-state index is -1.23. The van der Waals surface area contributed by atoms with Crippen LogP contribution < -0.4 is 5.43 Å². The van der Waals surface area contributed by atoms with Crippen molar-refractivity contribution in [1.82, 2.24) is 5.01 Å². The summed E-state index contributed by atoms with van der Waals surface area (Å²) in [5.74, 6) is -0.233. The standard InChI is InChI=1S/C21H14N2O2S/c24-19-21(25-20(26)23(19)22-14-8-2-1-3-9-14)17-12-6-4-10-15(17)16-11-5-7-13-18(16)21/h1-13,22H. The molecule has 2 aliphatic rings. The number of hydrogen-bond donors (Lipinski definition) is 1. The van der Waals surface area contributed by atoms with Crippen LogP contribution >= 0.6 is 12.2 Å². The van der Waals surface area contributed by atoms with Crippen molar-refractivity contribution < 1.29 is 9.53 Å². The van der Waals surface area contributed by atoms with Gasteiger partial charge in [-0.2, -0.15) is 5.01 Å². The number of fused-ring (bicyclic) bond motifs is 5. The van der Waals surface area contributed by atoms with E-state index in [1.54, 1.807) is 0 Å². The monoisotopic (exact) mass is 358 g/mol. The fraction of sp³-hybridized carbons (Fsp3) is 0.0476. The van der Waals surface area contributed by atoms with E-state index >= 15 is 0 Å². The number of hydrazine groups is 1. The first kappa shape index (κ1) is 15.1. The number of benzene rings is 3. The highest BCUT2D eigenvalue weighted by atomic mass is 32.1. The Morgan fingerprint density at radius 2 is 1.35 bits per heavy atom. The zero-order valence-electron chi connectivity index (χ0n) is 13.7. The predicted molar refractivity (Wildman–Crippen MR) is 103 cm³/mol. The van der Waals surface area contributed by atoms with Crippen molar-refractivity contribution in [1.29, 1.82) is 0 Å². The molecular weight excluding hydrogens is 344 g/mol. The maximum atomic E-state index is 13.5. The number of ether oxygens (including phenoxy) is 1. The second-order valence-corrected chi connectivity index (χ2v) is 6.61. The summed E-state index contributed by atoms with van der Waals surface area (Å²) in [5, 5.41) is 1.44. The highest BCUT2D eigenvalue weighted by Crippen LogP contribution is 2.52. The number of carbonyl (C=O) groups is 1. The third-order valence-electron chi connectivity index (χ3n) is 4.84. The molecular formula is C21H14N2O2S. The van der Waals surface area contributed by atoms with E-state index in [0.717, 1.165) is 27.9 Å². The highest BCUT2D eigenvalue weighted by molar-refractivity contribution is 7.80. The molecule has 1 amide bonds. The van der Waals surface area contributed by atoms with E-state index in [0.29, 0.717) is 0 Å². The van der Waals surface area contributed by atoms with Gasteiger partial charge in [-0.15, -0.1) is 0 Å². The number of nitrogens with one attached hydrogen (secondary N) is 1. The Bertz CT molecular complexity index is 1000. The van der Waals surface area contributed by atoms with Gasteiger partial charge in [0.25, 0.3) is 5.17 Å². The Hall–Kier alpha value is -3.18. The third kappa shape index (κ3) is 1.89. The lowest BCUT2D eigenvalue weighted by Gasteiger charge is -2.22. The van der Waals surface area contributed by atoms with Gasteiger partial charge in [0.1, 0.15) is 0 Å². The zero-order valence-corrected chi connectivity index (χ0v) is 14.5. The molecule has 1 aliphatic carbocycles. The van der Waals surface area contributed by atoms with Crippen LogP contribution in [0.5, 0.6) is 0 Å². The van der Waals surface area contributed by atoms with Crippen LogP contribution in [0, 0.1) is 0 Å². The van der Waals surface area contributed by atoms with Gasteiger partial charge in [-0.3, -0.25) is 10.2 Å². The highest BCUT2D eigenvalue weighted by Gasteiger charge is 2.59. The molecule has 1 aliphatic heterocycles. The van der Waals surface area contributed by atoms with E-state index in [2.05, 4.69) is 5.43 Å². The van der Waals surface area contributed by atoms with Gasteiger partial charge in [0, 0.05) is 11.1 Å². The van der Waals surface area contributed by atoms with Crippen molar-refractivity contribution >= 4 is 29.0 Å². The maximum Gasteiger partial charge on any atom is 0.302 e. The number of rotatable bonds is 2. The van der Waals surface area contributed by atoms with Gasteiger partial charge in [0.2, 0.25) is 5.60 Å². The molecule has 1 heterocycles. The molecule has 1 spiro atoms. The van der Waals surface area contributed by atoms with Crippen molar-refractivity contribution in [3.05, 3.63) is 90.0 Å². The number of anilines is 1. The Morgan fingerprint density at radius 1 is 0.808 bits per heavy atom. The average Bonchev–Trinajstić information content (AvgIpc) is 3.11. The van der Waals surface area contributed by atoms with Crippen molar-refractivity contribution in [3.8, 4) is 11.1 Å². The second kappa shape index (κ2) is 5.41. The van der Waals surface area contributed by atoms with Crippen molar-refractivity contribution in [2.24, 2.45) is 0 Å². The van der Waals surface area contributed by atoms with E-state index in [1.807, 2.05) is 78.9 Å². The van der Waals surface area contributed by atoms with Crippen LogP contribution in [-0.4, -0.2) is 16.1 Å². The molecule has 0 saturated carbocycles. The van der Waals surface area contributed by atoms with Crippen LogP contribution in [0.15, 0.2) is 78.9 Å². The first-order chi connectivity index (χ1) is 12.7. The normalized spacial score (nSPS) is 16.4. The molecule has 5 heteroatoms. The molecule has 4 nitrogen and oxygen atoms in total. The fourth-order valence-corrected chi connectivity index (χ4v) is 3.99. The molecule has 1 N–H and O–H groups in total. The summed E-state index contributed by atoms with van der Waals surface area (Å²) < 4.78 is 6.11. The smallest absolute Gasteiger partial charge is 0.302 e. The maximum absolute atomic E-state index is 13.5. The minimum absolute atomic E-state index is 0.116. The summed E-state index contributed by atoms with van der Waals surface area (Å²) >= 11 is 5.40. The number of nitrogens with zero attached hydrogens (tertiary/aromatic N) is 1. The van der Waals surface area contributed by atoms with Crippen LogP contribution in [0.4, 0.5) is 5.69 Å². The van der Waals surface area contributed by atoms with Crippen LogP contribution in [0.2, 0.25) is 0 Å². The number of carbonyl (C=O) groups excluding carboxylic acids is 1. The molecule has 3 aromatic rings. The van der Waals surface area contributed by atoms with E-state index in [9.17, 15) is 4.79 Å². The van der Waals surface area contributed by atoms with Gasteiger partial charge in [-0.05, 0) is 35.5 Å². The topological polar surface area (TPSA) is 41.6 Å². The summed E-state index contributed by atoms with van der Waals surface area (Å²) in [6.45, 7) is 0. The Kier molecular flexibility index (Phi) is 3.14. The molecule has 0 bridgehead atoms. The molecule has 3 aromatic carbocycles. The van der Waals surface area contributed by atoms with E-state index in [4.69, 9.17) is 17.0 Å². The second-order valence-electron chi connectivity index (χ2n) is 6.26. The quantitative estimate of drug-likeness (QED) is 0.701. The van der Waals surface area contributed by atoms with Crippen molar-refractivity contribution in [2.75, 3.05) is 5.43 Å². The van der Waals surface area contributed by atoms with Crippen LogP contribution in [-0.2, 0) is 15.1 Å². The van der Waals surface area contributed by atoms with Crippen LogP contribution in [0.3, 0.4) is 0 Å². The molecule has 0 aromatic heterocycles. The summed E-state index contributed by atoms with van der Waals surface area (Å²) in [6.07, 6.45) is 0. The van der Waals surface area contributed by atoms with Crippen molar-refractivity contribution in [2.45, 2.75) is 5.60 Å². The predicted octanol–water partition coefficient (Wildman–Crippen LogP) is 4.08. The third-order valence-corrected chi connectivity index (χ3v) is 5.11. The minimum Gasteiger partial charge on any atom is -0.442 e. The average molecular weight is 358 g/mol. The van der Waals surface area contributed by atoms with Crippen molar-refractivity contribution in [3.63, 3.8) is 0 Å². The van der Waals surface area contributed by atoms with Gasteiger partial charge in [-0.1, -0.05) is 66.7 Å². The molecule has 126 valence electrons. The van der Waals surface area contributed by atoms with Gasteiger partial charge < -0.3 is 4.74 Å². The molecule has 0 radical (unpaired) electrons. The SMILES string of the molecule is O=C1N(Nc2ccccc2)C(=S)OC12c1ccccc1-c1ccccc12. The molecule has 0 atom stereocenters. The first-order valence-corrected chi connectivity index (χ1v) is 8.71. The van der Waals surface area contributed by atoms with Crippen LogP contribution in [0.25, 0.3) is 11.1 Å².